The third-order valence-electron chi connectivity index (χ3n) is 2.36. The molecule has 94 valence electrons. The maximum atomic E-state index is 11.7. The van der Waals surface area contributed by atoms with Crippen LogP contribution < -0.4 is 4.72 Å². The molecule has 0 amide bonds. The molecular formula is C13H19NO2S. The Kier molecular flexibility index (Phi) is 5.94. The maximum absolute atomic E-state index is 11.7. The van der Waals surface area contributed by atoms with E-state index in [2.05, 4.69) is 11.3 Å². The topological polar surface area (TPSA) is 46.2 Å². The highest BCUT2D eigenvalue weighted by Crippen LogP contribution is 2.04. The van der Waals surface area contributed by atoms with E-state index in [1.807, 2.05) is 36.4 Å². The molecule has 0 radical (unpaired) electrons. The molecule has 0 aliphatic carbocycles. The zero-order chi connectivity index (χ0) is 12.6. The fraction of sp³-hybridized carbons (Fsp3) is 0.385. The highest BCUT2D eigenvalue weighted by atomic mass is 32.2. The molecule has 0 aromatic heterocycles. The van der Waals surface area contributed by atoms with Gasteiger partial charge in [0.2, 0.25) is 10.0 Å². The minimum atomic E-state index is -3.20. The Bertz CT molecular complexity index is 426. The fourth-order valence-corrected chi connectivity index (χ4v) is 2.67. The van der Waals surface area contributed by atoms with E-state index in [0.717, 1.165) is 24.8 Å². The minimum absolute atomic E-state index is 0.0509. The molecule has 1 N–H and O–H groups in total. The lowest BCUT2D eigenvalue weighted by molar-refractivity contribution is 0.576. The Morgan fingerprint density at radius 3 is 2.53 bits per heavy atom. The van der Waals surface area contributed by atoms with E-state index < -0.39 is 10.0 Å². The predicted octanol–water partition coefficient (Wildman–Crippen LogP) is 2.46. The van der Waals surface area contributed by atoms with Gasteiger partial charge in [0.25, 0.3) is 0 Å². The van der Waals surface area contributed by atoms with Gasteiger partial charge in [0.1, 0.15) is 0 Å². The van der Waals surface area contributed by atoms with E-state index >= 15 is 0 Å². The van der Waals surface area contributed by atoms with Crippen molar-refractivity contribution in [1.29, 1.82) is 0 Å². The lowest BCUT2D eigenvalue weighted by atomic mass is 10.2. The van der Waals surface area contributed by atoms with Crippen LogP contribution in [0.5, 0.6) is 0 Å². The highest BCUT2D eigenvalue weighted by Gasteiger charge is 2.09. The van der Waals surface area contributed by atoms with E-state index in [9.17, 15) is 8.42 Å². The molecule has 0 unspecified atom stereocenters. The second kappa shape index (κ2) is 7.25. The quantitative estimate of drug-likeness (QED) is 0.571. The monoisotopic (exact) mass is 253 g/mol. The van der Waals surface area contributed by atoms with Gasteiger partial charge in [-0.1, -0.05) is 36.4 Å². The highest BCUT2D eigenvalue weighted by molar-refractivity contribution is 7.88. The standard InChI is InChI=1S/C13H19NO2S/c1-2-3-4-8-11-14-17(15,16)12-13-9-6-5-7-10-13/h2,5-7,9-10,14H,1,3-4,8,11-12H2. The van der Waals surface area contributed by atoms with Gasteiger partial charge in [0.05, 0.1) is 5.75 Å². The molecule has 0 saturated carbocycles. The van der Waals surface area contributed by atoms with Gasteiger partial charge >= 0.3 is 0 Å². The number of nitrogens with one attached hydrogen (secondary N) is 1. The summed E-state index contributed by atoms with van der Waals surface area (Å²) in [6.07, 6.45) is 4.59. The summed E-state index contributed by atoms with van der Waals surface area (Å²) in [5.41, 5.74) is 0.811. The van der Waals surface area contributed by atoms with Crippen molar-refractivity contribution >= 4 is 10.0 Å². The Morgan fingerprint density at radius 2 is 1.88 bits per heavy atom. The molecule has 0 heterocycles. The fourth-order valence-electron chi connectivity index (χ4n) is 1.49. The number of benzene rings is 1. The van der Waals surface area contributed by atoms with Crippen molar-refractivity contribution in [1.82, 2.24) is 4.72 Å². The van der Waals surface area contributed by atoms with Crippen LogP contribution in [0.2, 0.25) is 0 Å². The number of rotatable bonds is 8. The summed E-state index contributed by atoms with van der Waals surface area (Å²) < 4.78 is 26.0. The zero-order valence-electron chi connectivity index (χ0n) is 9.93. The van der Waals surface area contributed by atoms with Crippen LogP contribution in [0, 0.1) is 0 Å². The molecule has 0 spiro atoms. The van der Waals surface area contributed by atoms with Gasteiger partial charge in [0, 0.05) is 6.54 Å². The van der Waals surface area contributed by atoms with Gasteiger partial charge in [-0.25, -0.2) is 13.1 Å². The van der Waals surface area contributed by atoms with Crippen LogP contribution >= 0.6 is 0 Å². The summed E-state index contributed by atoms with van der Waals surface area (Å²) in [5, 5.41) is 0. The minimum Gasteiger partial charge on any atom is -0.215 e. The molecule has 4 heteroatoms. The third-order valence-corrected chi connectivity index (χ3v) is 3.71. The summed E-state index contributed by atoms with van der Waals surface area (Å²) in [4.78, 5) is 0. The second-order valence-electron chi connectivity index (χ2n) is 3.92. The van der Waals surface area contributed by atoms with Crippen LogP contribution in [0.3, 0.4) is 0 Å². The van der Waals surface area contributed by atoms with Crippen LogP contribution in [0.1, 0.15) is 24.8 Å². The summed E-state index contributed by atoms with van der Waals surface area (Å²) in [7, 11) is -3.20. The largest absolute Gasteiger partial charge is 0.215 e. The molecule has 0 aliphatic heterocycles. The summed E-state index contributed by atoms with van der Waals surface area (Å²) in [5.74, 6) is 0.0509. The van der Waals surface area contributed by atoms with Gasteiger partial charge in [-0.2, -0.15) is 0 Å². The van der Waals surface area contributed by atoms with Crippen LogP contribution in [-0.4, -0.2) is 15.0 Å². The van der Waals surface area contributed by atoms with Gasteiger partial charge < -0.3 is 0 Å². The Labute approximate surface area is 104 Å². The molecule has 0 atom stereocenters. The number of unbranched alkanes of at least 4 members (excludes halogenated alkanes) is 2. The number of allylic oxidation sites excluding steroid dienone is 1. The second-order valence-corrected chi connectivity index (χ2v) is 5.73. The normalized spacial score (nSPS) is 11.3. The Balaban J connectivity index is 2.34. The average molecular weight is 253 g/mol. The van der Waals surface area contributed by atoms with E-state index in [1.54, 1.807) is 0 Å². The SMILES string of the molecule is C=CCCCCNS(=O)(=O)Cc1ccccc1. The molecule has 0 bridgehead atoms. The predicted molar refractivity (Wildman–Crippen MR) is 71.1 cm³/mol. The first-order valence-electron chi connectivity index (χ1n) is 5.76. The zero-order valence-corrected chi connectivity index (χ0v) is 10.7. The molecular weight excluding hydrogens is 234 g/mol. The van der Waals surface area contributed by atoms with E-state index in [1.165, 1.54) is 0 Å². The lowest BCUT2D eigenvalue weighted by Crippen LogP contribution is -2.26. The van der Waals surface area contributed by atoms with Crippen molar-refractivity contribution in [3.05, 3.63) is 48.6 Å². The van der Waals surface area contributed by atoms with Crippen LogP contribution in [0.15, 0.2) is 43.0 Å². The maximum Gasteiger partial charge on any atom is 0.215 e. The van der Waals surface area contributed by atoms with Gasteiger partial charge in [0.15, 0.2) is 0 Å². The van der Waals surface area contributed by atoms with Crippen molar-refractivity contribution in [2.24, 2.45) is 0 Å². The van der Waals surface area contributed by atoms with E-state index in [-0.39, 0.29) is 5.75 Å². The number of sulfonamides is 1. The van der Waals surface area contributed by atoms with Crippen molar-refractivity contribution in [3.63, 3.8) is 0 Å². The third kappa shape index (κ3) is 6.24. The van der Waals surface area contributed by atoms with Crippen molar-refractivity contribution in [3.8, 4) is 0 Å². The van der Waals surface area contributed by atoms with Crippen LogP contribution in [0.4, 0.5) is 0 Å². The molecule has 17 heavy (non-hydrogen) atoms. The van der Waals surface area contributed by atoms with Crippen molar-refractivity contribution in [2.75, 3.05) is 6.54 Å². The smallest absolute Gasteiger partial charge is 0.215 e. The first-order valence-corrected chi connectivity index (χ1v) is 7.41. The molecule has 0 aliphatic rings. The Morgan fingerprint density at radius 1 is 1.18 bits per heavy atom. The van der Waals surface area contributed by atoms with Gasteiger partial charge in [-0.05, 0) is 24.8 Å². The number of hydrogen-bond donors (Lipinski definition) is 1. The van der Waals surface area contributed by atoms with E-state index in [0.29, 0.717) is 6.54 Å². The first-order chi connectivity index (χ1) is 8.14. The molecule has 0 saturated heterocycles. The average Bonchev–Trinajstić information content (AvgIpc) is 2.29. The molecule has 3 nitrogen and oxygen atoms in total. The first kappa shape index (κ1) is 13.9. The summed E-state index contributed by atoms with van der Waals surface area (Å²) in [6, 6.07) is 9.19. The molecule has 1 aromatic rings. The summed E-state index contributed by atoms with van der Waals surface area (Å²) >= 11 is 0. The Hall–Kier alpha value is -1.13. The molecule has 1 aromatic carbocycles. The van der Waals surface area contributed by atoms with Gasteiger partial charge in [-0.15, -0.1) is 6.58 Å². The van der Waals surface area contributed by atoms with Crippen LogP contribution in [0.25, 0.3) is 0 Å². The van der Waals surface area contributed by atoms with Crippen molar-refractivity contribution in [2.45, 2.75) is 25.0 Å². The van der Waals surface area contributed by atoms with Crippen molar-refractivity contribution < 1.29 is 8.42 Å². The van der Waals surface area contributed by atoms with Gasteiger partial charge in [-0.3, -0.25) is 0 Å². The number of hydrogen-bond acceptors (Lipinski definition) is 2. The molecule has 0 fully saturated rings. The summed E-state index contributed by atoms with van der Waals surface area (Å²) in [6.45, 7) is 4.13. The lowest BCUT2D eigenvalue weighted by Gasteiger charge is -2.06. The molecule has 1 rings (SSSR count). The van der Waals surface area contributed by atoms with E-state index in [4.69, 9.17) is 0 Å². The van der Waals surface area contributed by atoms with Crippen LogP contribution in [-0.2, 0) is 15.8 Å².